The third-order valence-corrected chi connectivity index (χ3v) is 4.83. The zero-order valence-electron chi connectivity index (χ0n) is 16.3. The van der Waals surface area contributed by atoms with Crippen molar-refractivity contribution in [1.82, 2.24) is 14.9 Å². The molecule has 1 N–H and O–H groups in total. The molecule has 0 bridgehead atoms. The lowest BCUT2D eigenvalue weighted by Gasteiger charge is -2.10. The van der Waals surface area contributed by atoms with Gasteiger partial charge in [-0.25, -0.2) is 4.98 Å². The Morgan fingerprint density at radius 2 is 1.69 bits per heavy atom. The second-order valence-electron chi connectivity index (χ2n) is 6.85. The summed E-state index contributed by atoms with van der Waals surface area (Å²) in [5.41, 5.74) is 3.78. The highest BCUT2D eigenvalue weighted by Gasteiger charge is 2.08. The number of rotatable bonds is 7. The Morgan fingerprint density at radius 3 is 2.48 bits per heavy atom. The molecule has 29 heavy (non-hydrogen) atoms. The smallest absolute Gasteiger partial charge is 0.251 e. The van der Waals surface area contributed by atoms with Crippen LogP contribution in [-0.4, -0.2) is 22.0 Å². The van der Waals surface area contributed by atoms with Gasteiger partial charge in [-0.05, 0) is 48.9 Å². The van der Waals surface area contributed by atoms with E-state index in [0.29, 0.717) is 25.3 Å². The van der Waals surface area contributed by atoms with Crippen LogP contribution in [0.5, 0.6) is 5.75 Å². The van der Waals surface area contributed by atoms with Gasteiger partial charge in [-0.3, -0.25) is 4.79 Å². The minimum atomic E-state index is -0.0957. The second-order valence-corrected chi connectivity index (χ2v) is 6.85. The van der Waals surface area contributed by atoms with Gasteiger partial charge in [0, 0.05) is 18.7 Å². The quantitative estimate of drug-likeness (QED) is 0.514. The summed E-state index contributed by atoms with van der Waals surface area (Å²) in [5, 5.41) is 2.98. The van der Waals surface area contributed by atoms with Crippen molar-refractivity contribution >= 4 is 16.9 Å². The van der Waals surface area contributed by atoms with Gasteiger partial charge < -0.3 is 14.6 Å². The molecule has 0 unspecified atom stereocenters. The zero-order valence-corrected chi connectivity index (χ0v) is 16.3. The molecule has 0 aliphatic carbocycles. The Hall–Kier alpha value is -3.60. The third kappa shape index (κ3) is 4.46. The number of para-hydroxylation sites is 2. The van der Waals surface area contributed by atoms with Crippen LogP contribution in [0.25, 0.3) is 11.0 Å². The van der Waals surface area contributed by atoms with Crippen molar-refractivity contribution < 1.29 is 9.53 Å². The Balaban J connectivity index is 1.31. The number of nitrogens with one attached hydrogen (secondary N) is 1. The first kappa shape index (κ1) is 18.7. The minimum absolute atomic E-state index is 0.0957. The Bertz CT molecular complexity index is 1100. The standard InChI is InChI=1S/C24H23N3O2/c1-18-26-22-9-5-6-10-23(22)27(18)16-15-25-24(28)20-11-13-21(14-12-20)29-17-19-7-3-2-4-8-19/h2-14H,15-17H2,1H3,(H,25,28). The molecule has 3 aromatic carbocycles. The Morgan fingerprint density at radius 1 is 0.966 bits per heavy atom. The number of hydrogen-bond acceptors (Lipinski definition) is 3. The summed E-state index contributed by atoms with van der Waals surface area (Å²) in [6.07, 6.45) is 0. The van der Waals surface area contributed by atoms with Gasteiger partial charge in [-0.2, -0.15) is 0 Å². The van der Waals surface area contributed by atoms with Gasteiger partial charge in [0.05, 0.1) is 11.0 Å². The number of carbonyl (C=O) groups is 1. The van der Waals surface area contributed by atoms with Crippen molar-refractivity contribution in [2.75, 3.05) is 6.54 Å². The van der Waals surface area contributed by atoms with Crippen molar-refractivity contribution in [1.29, 1.82) is 0 Å². The van der Waals surface area contributed by atoms with Crippen LogP contribution in [0.2, 0.25) is 0 Å². The van der Waals surface area contributed by atoms with Crippen molar-refractivity contribution in [2.24, 2.45) is 0 Å². The number of benzene rings is 3. The van der Waals surface area contributed by atoms with Gasteiger partial charge >= 0.3 is 0 Å². The van der Waals surface area contributed by atoms with Crippen molar-refractivity contribution in [3.8, 4) is 5.75 Å². The van der Waals surface area contributed by atoms with E-state index in [0.717, 1.165) is 28.2 Å². The SMILES string of the molecule is Cc1nc2ccccc2n1CCNC(=O)c1ccc(OCc2ccccc2)cc1. The third-order valence-electron chi connectivity index (χ3n) is 4.83. The summed E-state index contributed by atoms with van der Waals surface area (Å²) in [6, 6.07) is 25.2. The van der Waals surface area contributed by atoms with E-state index in [1.54, 1.807) is 12.1 Å². The molecule has 0 saturated carbocycles. The predicted molar refractivity (Wildman–Crippen MR) is 114 cm³/mol. The molecule has 0 aliphatic rings. The lowest BCUT2D eigenvalue weighted by molar-refractivity contribution is 0.0952. The van der Waals surface area contributed by atoms with Gasteiger partial charge in [0.25, 0.3) is 5.91 Å². The van der Waals surface area contributed by atoms with Crippen molar-refractivity contribution in [3.63, 3.8) is 0 Å². The molecule has 0 radical (unpaired) electrons. The van der Waals surface area contributed by atoms with Crippen LogP contribution in [0.15, 0.2) is 78.9 Å². The lowest BCUT2D eigenvalue weighted by Crippen LogP contribution is -2.27. The lowest BCUT2D eigenvalue weighted by atomic mass is 10.2. The number of ether oxygens (including phenoxy) is 1. The molecule has 1 aromatic heterocycles. The maximum Gasteiger partial charge on any atom is 0.251 e. The van der Waals surface area contributed by atoms with Gasteiger partial charge in [0.1, 0.15) is 18.2 Å². The van der Waals surface area contributed by atoms with E-state index in [9.17, 15) is 4.79 Å². The predicted octanol–water partition coefficient (Wildman–Crippen LogP) is 4.35. The van der Waals surface area contributed by atoms with Crippen molar-refractivity contribution in [3.05, 3.63) is 95.8 Å². The van der Waals surface area contributed by atoms with Crippen LogP contribution in [0.3, 0.4) is 0 Å². The van der Waals surface area contributed by atoms with Gasteiger partial charge in [0.2, 0.25) is 0 Å². The summed E-state index contributed by atoms with van der Waals surface area (Å²) in [4.78, 5) is 17.0. The molecule has 0 atom stereocenters. The molecule has 146 valence electrons. The van der Waals surface area contributed by atoms with Crippen LogP contribution < -0.4 is 10.1 Å². The van der Waals surface area contributed by atoms with E-state index in [1.165, 1.54) is 0 Å². The highest BCUT2D eigenvalue weighted by Crippen LogP contribution is 2.16. The molecule has 1 amide bonds. The normalized spacial score (nSPS) is 10.8. The molecule has 5 nitrogen and oxygen atoms in total. The number of aromatic nitrogens is 2. The second kappa shape index (κ2) is 8.61. The fourth-order valence-electron chi connectivity index (χ4n) is 3.30. The molecule has 1 heterocycles. The zero-order chi connectivity index (χ0) is 20.1. The van der Waals surface area contributed by atoms with E-state index in [-0.39, 0.29) is 5.91 Å². The number of imidazole rings is 1. The Kier molecular flexibility index (Phi) is 5.56. The van der Waals surface area contributed by atoms with Crippen LogP contribution in [0.4, 0.5) is 0 Å². The average molecular weight is 385 g/mol. The summed E-state index contributed by atoms with van der Waals surface area (Å²) in [6.45, 7) is 3.70. The first-order valence-electron chi connectivity index (χ1n) is 9.67. The van der Waals surface area contributed by atoms with Gasteiger partial charge in [0.15, 0.2) is 0 Å². The number of amides is 1. The monoisotopic (exact) mass is 385 g/mol. The largest absolute Gasteiger partial charge is 0.489 e. The van der Waals surface area contributed by atoms with E-state index in [1.807, 2.05) is 73.7 Å². The maximum absolute atomic E-state index is 12.4. The summed E-state index contributed by atoms with van der Waals surface area (Å²) >= 11 is 0. The number of hydrogen-bond donors (Lipinski definition) is 1. The number of carbonyl (C=O) groups excluding carboxylic acids is 1. The van der Waals surface area contributed by atoms with E-state index in [2.05, 4.69) is 14.9 Å². The van der Waals surface area contributed by atoms with Crippen LogP contribution >= 0.6 is 0 Å². The highest BCUT2D eigenvalue weighted by molar-refractivity contribution is 5.94. The fourth-order valence-corrected chi connectivity index (χ4v) is 3.30. The molecule has 4 rings (SSSR count). The van der Waals surface area contributed by atoms with E-state index >= 15 is 0 Å². The van der Waals surface area contributed by atoms with E-state index in [4.69, 9.17) is 4.74 Å². The molecule has 0 spiro atoms. The Labute approximate surface area is 170 Å². The van der Waals surface area contributed by atoms with E-state index < -0.39 is 0 Å². The van der Waals surface area contributed by atoms with Crippen LogP contribution in [0.1, 0.15) is 21.7 Å². The minimum Gasteiger partial charge on any atom is -0.489 e. The molecular formula is C24H23N3O2. The number of nitrogens with zero attached hydrogens (tertiary/aromatic N) is 2. The summed E-state index contributed by atoms with van der Waals surface area (Å²) < 4.78 is 7.89. The molecule has 5 heteroatoms. The average Bonchev–Trinajstić information content (AvgIpc) is 3.08. The molecule has 0 saturated heterocycles. The molecular weight excluding hydrogens is 362 g/mol. The van der Waals surface area contributed by atoms with Crippen LogP contribution in [-0.2, 0) is 13.2 Å². The first-order chi connectivity index (χ1) is 14.2. The fraction of sp³-hybridized carbons (Fsp3) is 0.167. The number of aryl methyl sites for hydroxylation is 1. The molecule has 4 aromatic rings. The summed E-state index contributed by atoms with van der Waals surface area (Å²) in [7, 11) is 0. The maximum atomic E-state index is 12.4. The highest BCUT2D eigenvalue weighted by atomic mass is 16.5. The van der Waals surface area contributed by atoms with Crippen molar-refractivity contribution in [2.45, 2.75) is 20.1 Å². The van der Waals surface area contributed by atoms with Gasteiger partial charge in [-0.1, -0.05) is 42.5 Å². The summed E-state index contributed by atoms with van der Waals surface area (Å²) in [5.74, 6) is 1.59. The van der Waals surface area contributed by atoms with Gasteiger partial charge in [-0.15, -0.1) is 0 Å². The molecule has 0 aliphatic heterocycles. The van der Waals surface area contributed by atoms with Crippen LogP contribution in [0, 0.1) is 6.92 Å². The molecule has 0 fully saturated rings. The first-order valence-corrected chi connectivity index (χ1v) is 9.67. The topological polar surface area (TPSA) is 56.2 Å². The number of fused-ring (bicyclic) bond motifs is 1.